The zero-order valence-electron chi connectivity index (χ0n) is 10.6. The highest BCUT2D eigenvalue weighted by atomic mass is 35.5. The summed E-state index contributed by atoms with van der Waals surface area (Å²) >= 11 is 5.59. The number of nitriles is 1. The summed E-state index contributed by atoms with van der Waals surface area (Å²) in [7, 11) is 0. The van der Waals surface area contributed by atoms with Gasteiger partial charge in [-0.25, -0.2) is 9.18 Å². The SMILES string of the molecule is N#Cc1cc(Cl)c(F)cc1OCc1cccc(C(=O)O)c1. The number of rotatable bonds is 4. The third kappa shape index (κ3) is 3.50. The molecule has 0 unspecified atom stereocenters. The fourth-order valence-electron chi connectivity index (χ4n) is 1.69. The predicted molar refractivity (Wildman–Crippen MR) is 73.9 cm³/mol. The van der Waals surface area contributed by atoms with Gasteiger partial charge in [-0.05, 0) is 23.8 Å². The van der Waals surface area contributed by atoms with E-state index in [9.17, 15) is 9.18 Å². The molecule has 2 aromatic carbocycles. The largest absolute Gasteiger partial charge is 0.487 e. The molecule has 0 aliphatic rings. The Labute approximate surface area is 125 Å². The molecule has 2 rings (SSSR count). The number of ether oxygens (including phenoxy) is 1. The first-order valence-electron chi connectivity index (χ1n) is 5.85. The van der Waals surface area contributed by atoms with Crippen LogP contribution in [0.3, 0.4) is 0 Å². The van der Waals surface area contributed by atoms with Gasteiger partial charge in [0.25, 0.3) is 0 Å². The maximum atomic E-state index is 13.4. The summed E-state index contributed by atoms with van der Waals surface area (Å²) in [5.74, 6) is -1.68. The van der Waals surface area contributed by atoms with Crippen LogP contribution in [0.25, 0.3) is 0 Å². The van der Waals surface area contributed by atoms with Gasteiger partial charge in [-0.1, -0.05) is 23.7 Å². The summed E-state index contributed by atoms with van der Waals surface area (Å²) in [5.41, 5.74) is 0.823. The van der Waals surface area contributed by atoms with Crippen molar-refractivity contribution in [2.24, 2.45) is 0 Å². The molecule has 0 aliphatic heterocycles. The molecule has 21 heavy (non-hydrogen) atoms. The van der Waals surface area contributed by atoms with Crippen molar-refractivity contribution >= 4 is 17.6 Å². The quantitative estimate of drug-likeness (QED) is 0.936. The van der Waals surface area contributed by atoms with Crippen molar-refractivity contribution in [1.82, 2.24) is 0 Å². The summed E-state index contributed by atoms with van der Waals surface area (Å²) in [4.78, 5) is 10.9. The van der Waals surface area contributed by atoms with Crippen molar-refractivity contribution in [3.63, 3.8) is 0 Å². The van der Waals surface area contributed by atoms with E-state index in [4.69, 9.17) is 26.7 Å². The van der Waals surface area contributed by atoms with Crippen LogP contribution < -0.4 is 4.74 Å². The molecule has 0 aromatic heterocycles. The average Bonchev–Trinajstić information content (AvgIpc) is 2.48. The molecule has 0 saturated carbocycles. The van der Waals surface area contributed by atoms with Crippen LogP contribution in [0.15, 0.2) is 36.4 Å². The fourth-order valence-corrected chi connectivity index (χ4v) is 1.85. The van der Waals surface area contributed by atoms with Gasteiger partial charge in [-0.15, -0.1) is 0 Å². The van der Waals surface area contributed by atoms with Gasteiger partial charge in [-0.2, -0.15) is 5.26 Å². The summed E-state index contributed by atoms with van der Waals surface area (Å²) < 4.78 is 18.8. The molecule has 0 aliphatic carbocycles. The van der Waals surface area contributed by atoms with Gasteiger partial charge in [0.1, 0.15) is 24.2 Å². The first kappa shape index (κ1) is 14.8. The Bertz CT molecular complexity index is 740. The van der Waals surface area contributed by atoms with Crippen molar-refractivity contribution in [2.45, 2.75) is 6.61 Å². The van der Waals surface area contributed by atoms with Gasteiger partial charge in [0, 0.05) is 6.07 Å². The molecule has 2 aromatic rings. The zero-order chi connectivity index (χ0) is 15.4. The van der Waals surface area contributed by atoms with Gasteiger partial charge in [-0.3, -0.25) is 0 Å². The minimum Gasteiger partial charge on any atom is -0.487 e. The number of nitrogens with zero attached hydrogens (tertiary/aromatic N) is 1. The smallest absolute Gasteiger partial charge is 0.335 e. The molecule has 1 N–H and O–H groups in total. The zero-order valence-corrected chi connectivity index (χ0v) is 11.4. The molecule has 4 nitrogen and oxygen atoms in total. The van der Waals surface area contributed by atoms with E-state index in [1.54, 1.807) is 12.1 Å². The second-order valence-corrected chi connectivity index (χ2v) is 4.58. The molecule has 6 heteroatoms. The highest BCUT2D eigenvalue weighted by Crippen LogP contribution is 2.26. The van der Waals surface area contributed by atoms with Crippen LogP contribution in [0.5, 0.6) is 5.75 Å². The Balaban J connectivity index is 2.21. The average molecular weight is 306 g/mol. The van der Waals surface area contributed by atoms with E-state index < -0.39 is 11.8 Å². The first-order valence-corrected chi connectivity index (χ1v) is 6.23. The molecule has 106 valence electrons. The first-order chi connectivity index (χ1) is 10.0. The molecule has 0 bridgehead atoms. The fraction of sp³-hybridized carbons (Fsp3) is 0.0667. The van der Waals surface area contributed by atoms with E-state index in [-0.39, 0.29) is 28.5 Å². The van der Waals surface area contributed by atoms with Crippen LogP contribution in [-0.4, -0.2) is 11.1 Å². The number of hydrogen-bond acceptors (Lipinski definition) is 3. The Morgan fingerprint density at radius 1 is 1.38 bits per heavy atom. The summed E-state index contributed by atoms with van der Waals surface area (Å²) in [6.07, 6.45) is 0. The van der Waals surface area contributed by atoms with E-state index in [0.717, 1.165) is 6.07 Å². The number of halogens is 2. The highest BCUT2D eigenvalue weighted by molar-refractivity contribution is 6.30. The number of benzene rings is 2. The lowest BCUT2D eigenvalue weighted by molar-refractivity contribution is 0.0696. The molecule has 0 fully saturated rings. The minimum atomic E-state index is -1.05. The van der Waals surface area contributed by atoms with Crippen LogP contribution in [0.1, 0.15) is 21.5 Å². The topological polar surface area (TPSA) is 70.3 Å². The number of aromatic carboxylic acids is 1. The molecule has 0 saturated heterocycles. The van der Waals surface area contributed by atoms with E-state index in [1.165, 1.54) is 18.2 Å². The van der Waals surface area contributed by atoms with Gasteiger partial charge in [0.15, 0.2) is 0 Å². The standard InChI is InChI=1S/C15H9ClFNO3/c16-12-5-11(7-18)14(6-13(12)17)21-8-9-2-1-3-10(4-9)15(19)20/h1-6H,8H2,(H,19,20). The van der Waals surface area contributed by atoms with E-state index in [1.807, 2.05) is 6.07 Å². The molecule has 0 spiro atoms. The molecular formula is C15H9ClFNO3. The number of carboxylic acids is 1. The summed E-state index contributed by atoms with van der Waals surface area (Å²) in [6.45, 7) is 0.0108. The lowest BCUT2D eigenvalue weighted by Gasteiger charge is -2.09. The van der Waals surface area contributed by atoms with E-state index in [2.05, 4.69) is 0 Å². The third-order valence-electron chi connectivity index (χ3n) is 2.71. The molecule has 0 heterocycles. The Kier molecular flexibility index (Phi) is 4.41. The minimum absolute atomic E-state index is 0.0108. The normalized spacial score (nSPS) is 9.95. The van der Waals surface area contributed by atoms with E-state index in [0.29, 0.717) is 5.56 Å². The van der Waals surface area contributed by atoms with Crippen LogP contribution in [0.4, 0.5) is 4.39 Å². The van der Waals surface area contributed by atoms with E-state index >= 15 is 0 Å². The molecular weight excluding hydrogens is 297 g/mol. The number of carboxylic acid groups (broad SMARTS) is 1. The van der Waals surface area contributed by atoms with Crippen molar-refractivity contribution in [3.8, 4) is 11.8 Å². The van der Waals surface area contributed by atoms with Gasteiger partial charge >= 0.3 is 5.97 Å². The van der Waals surface area contributed by atoms with Gasteiger partial charge in [0.05, 0.1) is 16.1 Å². The third-order valence-corrected chi connectivity index (χ3v) is 3.00. The lowest BCUT2D eigenvalue weighted by Crippen LogP contribution is -2.01. The predicted octanol–water partition coefficient (Wildman–Crippen LogP) is 3.63. The van der Waals surface area contributed by atoms with Crippen molar-refractivity contribution < 1.29 is 19.0 Å². The maximum Gasteiger partial charge on any atom is 0.335 e. The highest BCUT2D eigenvalue weighted by Gasteiger charge is 2.10. The second-order valence-electron chi connectivity index (χ2n) is 4.17. The molecule has 0 amide bonds. The second kappa shape index (κ2) is 6.25. The number of hydrogen-bond donors (Lipinski definition) is 1. The molecule has 0 radical (unpaired) electrons. The van der Waals surface area contributed by atoms with Crippen LogP contribution >= 0.6 is 11.6 Å². The van der Waals surface area contributed by atoms with Crippen LogP contribution in [0, 0.1) is 17.1 Å². The Morgan fingerprint density at radius 2 is 2.14 bits per heavy atom. The van der Waals surface area contributed by atoms with Crippen LogP contribution in [-0.2, 0) is 6.61 Å². The monoisotopic (exact) mass is 305 g/mol. The summed E-state index contributed by atoms with van der Waals surface area (Å²) in [6, 6.07) is 10.2. The summed E-state index contributed by atoms with van der Waals surface area (Å²) in [5, 5.41) is 17.7. The Morgan fingerprint density at radius 3 is 2.81 bits per heavy atom. The van der Waals surface area contributed by atoms with Crippen LogP contribution in [0.2, 0.25) is 5.02 Å². The Hall–Kier alpha value is -2.58. The van der Waals surface area contributed by atoms with Crippen molar-refractivity contribution in [3.05, 3.63) is 63.9 Å². The maximum absolute atomic E-state index is 13.4. The van der Waals surface area contributed by atoms with Crippen molar-refractivity contribution in [1.29, 1.82) is 5.26 Å². The van der Waals surface area contributed by atoms with Crippen molar-refractivity contribution in [2.75, 3.05) is 0 Å². The lowest BCUT2D eigenvalue weighted by atomic mass is 10.1. The molecule has 0 atom stereocenters. The van der Waals surface area contributed by atoms with Gasteiger partial charge in [0.2, 0.25) is 0 Å². The van der Waals surface area contributed by atoms with Gasteiger partial charge < -0.3 is 9.84 Å². The number of carbonyl (C=O) groups is 1.